The van der Waals surface area contributed by atoms with Crippen molar-refractivity contribution in [2.24, 2.45) is 5.14 Å². The lowest BCUT2D eigenvalue weighted by Crippen LogP contribution is -2.27. The number of benzene rings is 2. The zero-order valence-corrected chi connectivity index (χ0v) is 15.8. The Labute approximate surface area is 157 Å². The number of aryl methyl sites for hydroxylation is 1. The number of hydrogen-bond donors (Lipinski definition) is 2. The molecule has 8 heteroatoms. The first-order valence-corrected chi connectivity index (χ1v) is 9.83. The van der Waals surface area contributed by atoms with E-state index >= 15 is 0 Å². The van der Waals surface area contributed by atoms with Crippen LogP contribution in [0.4, 0.5) is 0 Å². The predicted octanol–water partition coefficient (Wildman–Crippen LogP) is 3.45. The molecule has 25 heavy (non-hydrogen) atoms. The molecular weight excluding hydrogens is 383 g/mol. The molecule has 0 aromatic heterocycles. The fourth-order valence-corrected chi connectivity index (χ4v) is 3.86. The van der Waals surface area contributed by atoms with Crippen molar-refractivity contribution in [1.82, 2.24) is 5.32 Å². The highest BCUT2D eigenvalue weighted by molar-refractivity contribution is 7.89. The zero-order valence-electron chi connectivity index (χ0n) is 13.5. The van der Waals surface area contributed by atoms with E-state index in [-0.39, 0.29) is 29.7 Å². The van der Waals surface area contributed by atoms with Gasteiger partial charge in [0.05, 0.1) is 10.9 Å². The van der Waals surface area contributed by atoms with Crippen molar-refractivity contribution in [1.29, 1.82) is 0 Å². The second-order valence-electron chi connectivity index (χ2n) is 5.61. The second-order valence-corrected chi connectivity index (χ2v) is 7.98. The van der Waals surface area contributed by atoms with E-state index in [1.807, 2.05) is 6.92 Å². The lowest BCUT2D eigenvalue weighted by atomic mass is 10.1. The lowest BCUT2D eigenvalue weighted by molar-refractivity contribution is -0.121. The summed E-state index contributed by atoms with van der Waals surface area (Å²) in [7, 11) is -3.82. The van der Waals surface area contributed by atoms with Crippen LogP contribution in [-0.4, -0.2) is 14.3 Å². The highest BCUT2D eigenvalue weighted by Crippen LogP contribution is 2.26. The predicted molar refractivity (Wildman–Crippen MR) is 99.2 cm³/mol. The van der Waals surface area contributed by atoms with E-state index in [1.54, 1.807) is 36.4 Å². The Morgan fingerprint density at radius 3 is 2.52 bits per heavy atom. The van der Waals surface area contributed by atoms with E-state index in [2.05, 4.69) is 5.32 Å². The molecule has 0 unspecified atom stereocenters. The summed E-state index contributed by atoms with van der Waals surface area (Å²) < 4.78 is 23.2. The molecule has 0 aliphatic heterocycles. The Hall–Kier alpha value is -1.60. The molecule has 0 saturated heterocycles. The van der Waals surface area contributed by atoms with Crippen molar-refractivity contribution in [3.63, 3.8) is 0 Å². The maximum absolute atomic E-state index is 12.2. The number of primary sulfonamides is 1. The number of sulfonamides is 1. The summed E-state index contributed by atoms with van der Waals surface area (Å²) in [6, 6.07) is 11.1. The average molecular weight is 401 g/mol. The Morgan fingerprint density at radius 1 is 1.20 bits per heavy atom. The Balaban J connectivity index is 2.02. The second kappa shape index (κ2) is 8.19. The smallest absolute Gasteiger partial charge is 0.238 e. The van der Waals surface area contributed by atoms with Crippen LogP contribution in [0, 0.1) is 0 Å². The molecule has 2 aromatic carbocycles. The van der Waals surface area contributed by atoms with E-state index in [0.29, 0.717) is 15.6 Å². The number of nitrogens with two attached hydrogens (primary N) is 1. The molecule has 1 atom stereocenters. The van der Waals surface area contributed by atoms with E-state index in [0.717, 1.165) is 5.56 Å². The van der Waals surface area contributed by atoms with Crippen LogP contribution in [0.5, 0.6) is 0 Å². The van der Waals surface area contributed by atoms with Crippen LogP contribution in [-0.2, 0) is 21.2 Å². The van der Waals surface area contributed by atoms with E-state index < -0.39 is 10.0 Å². The van der Waals surface area contributed by atoms with Gasteiger partial charge in [-0.2, -0.15) is 0 Å². The SMILES string of the molecule is C[C@@H](NC(=O)CCc1ccccc1S(N)(=O)=O)c1ccc(Cl)cc1Cl. The molecule has 0 radical (unpaired) electrons. The number of halogens is 2. The third-order valence-corrected chi connectivity index (χ3v) is 5.28. The molecule has 1 amide bonds. The third kappa shape index (κ3) is 5.44. The van der Waals surface area contributed by atoms with Crippen molar-refractivity contribution in [3.05, 3.63) is 63.6 Å². The quantitative estimate of drug-likeness (QED) is 0.777. The minimum Gasteiger partial charge on any atom is -0.350 e. The molecule has 134 valence electrons. The van der Waals surface area contributed by atoms with Crippen LogP contribution in [0.25, 0.3) is 0 Å². The van der Waals surface area contributed by atoms with Gasteiger partial charge in [-0.15, -0.1) is 0 Å². The largest absolute Gasteiger partial charge is 0.350 e. The summed E-state index contributed by atoms with van der Waals surface area (Å²) in [6.07, 6.45) is 0.390. The van der Waals surface area contributed by atoms with Gasteiger partial charge in [-0.25, -0.2) is 13.6 Å². The van der Waals surface area contributed by atoms with Crippen LogP contribution in [0.2, 0.25) is 10.0 Å². The molecule has 2 rings (SSSR count). The van der Waals surface area contributed by atoms with Crippen molar-refractivity contribution < 1.29 is 13.2 Å². The number of amides is 1. The highest BCUT2D eigenvalue weighted by atomic mass is 35.5. The topological polar surface area (TPSA) is 89.3 Å². The van der Waals surface area contributed by atoms with Gasteiger partial charge < -0.3 is 5.32 Å². The van der Waals surface area contributed by atoms with E-state index in [1.165, 1.54) is 6.07 Å². The molecule has 3 N–H and O–H groups in total. The van der Waals surface area contributed by atoms with Crippen molar-refractivity contribution >= 4 is 39.1 Å². The summed E-state index contributed by atoms with van der Waals surface area (Å²) in [5.74, 6) is -0.220. The maximum Gasteiger partial charge on any atom is 0.238 e. The van der Waals surface area contributed by atoms with Crippen LogP contribution in [0.3, 0.4) is 0 Å². The molecule has 0 fully saturated rings. The third-order valence-electron chi connectivity index (χ3n) is 3.71. The molecule has 0 spiro atoms. The molecule has 0 aliphatic carbocycles. The monoisotopic (exact) mass is 400 g/mol. The van der Waals surface area contributed by atoms with Crippen LogP contribution >= 0.6 is 23.2 Å². The standard InChI is InChI=1S/C17H18Cl2N2O3S/c1-11(14-8-7-13(18)10-15(14)19)21-17(22)9-6-12-4-2-3-5-16(12)25(20,23)24/h2-5,7-8,10-11H,6,9H2,1H3,(H,21,22)(H2,20,23,24)/t11-/m1/s1. The minimum atomic E-state index is -3.82. The first-order valence-electron chi connectivity index (χ1n) is 7.53. The minimum absolute atomic E-state index is 0.0385. The molecule has 5 nitrogen and oxygen atoms in total. The normalized spacial score (nSPS) is 12.6. The number of rotatable bonds is 6. The van der Waals surface area contributed by atoms with Gasteiger partial charge >= 0.3 is 0 Å². The van der Waals surface area contributed by atoms with Gasteiger partial charge in [-0.05, 0) is 42.7 Å². The van der Waals surface area contributed by atoms with Gasteiger partial charge in [0, 0.05) is 16.5 Å². The molecule has 0 bridgehead atoms. The van der Waals surface area contributed by atoms with Crippen LogP contribution in [0.15, 0.2) is 47.4 Å². The number of carbonyl (C=O) groups is 1. The summed E-state index contributed by atoms with van der Waals surface area (Å²) >= 11 is 12.0. The summed E-state index contributed by atoms with van der Waals surface area (Å²) in [5, 5.41) is 9.03. The van der Waals surface area contributed by atoms with Gasteiger partial charge in [0.2, 0.25) is 15.9 Å². The molecule has 0 aliphatic rings. The van der Waals surface area contributed by atoms with E-state index in [9.17, 15) is 13.2 Å². The van der Waals surface area contributed by atoms with Crippen molar-refractivity contribution in [2.75, 3.05) is 0 Å². The van der Waals surface area contributed by atoms with Gasteiger partial charge in [-0.3, -0.25) is 4.79 Å². The Bertz CT molecular complexity index is 885. The lowest BCUT2D eigenvalue weighted by Gasteiger charge is -2.16. The van der Waals surface area contributed by atoms with Gasteiger partial charge in [0.1, 0.15) is 0 Å². The fraction of sp³-hybridized carbons (Fsp3) is 0.235. The van der Waals surface area contributed by atoms with Crippen LogP contribution < -0.4 is 10.5 Å². The number of hydrogen-bond acceptors (Lipinski definition) is 3. The molecule has 0 heterocycles. The summed E-state index contributed by atoms with van der Waals surface area (Å²) in [5.41, 5.74) is 1.27. The summed E-state index contributed by atoms with van der Waals surface area (Å²) in [6.45, 7) is 1.81. The molecular formula is C17H18Cl2N2O3S. The first-order chi connectivity index (χ1) is 11.7. The maximum atomic E-state index is 12.2. The number of carbonyl (C=O) groups excluding carboxylic acids is 1. The van der Waals surface area contributed by atoms with Gasteiger partial charge in [0.15, 0.2) is 0 Å². The fourth-order valence-electron chi connectivity index (χ4n) is 2.48. The van der Waals surface area contributed by atoms with E-state index in [4.69, 9.17) is 28.3 Å². The van der Waals surface area contributed by atoms with Gasteiger partial charge in [-0.1, -0.05) is 47.5 Å². The molecule has 0 saturated carbocycles. The Kier molecular flexibility index (Phi) is 6.46. The highest BCUT2D eigenvalue weighted by Gasteiger charge is 2.16. The van der Waals surface area contributed by atoms with Gasteiger partial charge in [0.25, 0.3) is 0 Å². The average Bonchev–Trinajstić information content (AvgIpc) is 2.52. The molecule has 2 aromatic rings. The van der Waals surface area contributed by atoms with Crippen LogP contribution in [0.1, 0.15) is 30.5 Å². The number of nitrogens with one attached hydrogen (secondary N) is 1. The summed E-state index contributed by atoms with van der Waals surface area (Å²) in [4.78, 5) is 12.2. The zero-order chi connectivity index (χ0) is 18.6. The first kappa shape index (κ1) is 19.7. The van der Waals surface area contributed by atoms with Crippen molar-refractivity contribution in [2.45, 2.75) is 30.7 Å². The Morgan fingerprint density at radius 2 is 1.88 bits per heavy atom. The van der Waals surface area contributed by atoms with Crippen molar-refractivity contribution in [3.8, 4) is 0 Å².